The minimum absolute atomic E-state index is 0.00497. The second-order valence-corrected chi connectivity index (χ2v) is 3.70. The monoisotopic (exact) mass is 204 g/mol. The summed E-state index contributed by atoms with van der Waals surface area (Å²) < 4.78 is 0. The Balaban J connectivity index is 2.11. The van der Waals surface area contributed by atoms with Crippen LogP contribution in [0.4, 0.5) is 0 Å². The van der Waals surface area contributed by atoms with Crippen LogP contribution in [0.5, 0.6) is 0 Å². The average molecular weight is 204 g/mol. The van der Waals surface area contributed by atoms with Gasteiger partial charge in [0.2, 0.25) is 5.91 Å². The van der Waals surface area contributed by atoms with Crippen molar-refractivity contribution in [3.8, 4) is 0 Å². The summed E-state index contributed by atoms with van der Waals surface area (Å²) in [5.74, 6) is -0.0685. The first-order valence-corrected chi connectivity index (χ1v) is 4.85. The number of rotatable bonds is 1. The van der Waals surface area contributed by atoms with Gasteiger partial charge < -0.3 is 0 Å². The van der Waals surface area contributed by atoms with Gasteiger partial charge in [-0.3, -0.25) is 20.0 Å². The fraction of sp³-hybridized carbons (Fsp3) is 0.273. The highest BCUT2D eigenvalue weighted by Gasteiger charge is 2.25. The summed E-state index contributed by atoms with van der Waals surface area (Å²) in [7, 11) is 0. The first kappa shape index (κ1) is 9.71. The van der Waals surface area contributed by atoms with Crippen LogP contribution >= 0.6 is 0 Å². The molecular weight excluding hydrogens is 192 g/mol. The van der Waals surface area contributed by atoms with Crippen LogP contribution in [-0.4, -0.2) is 23.2 Å². The highest BCUT2D eigenvalue weighted by Crippen LogP contribution is 2.12. The largest absolute Gasteiger partial charge is 0.291 e. The summed E-state index contributed by atoms with van der Waals surface area (Å²) in [4.78, 5) is 22.6. The number of amides is 1. The Labute approximate surface area is 87.9 Å². The maximum atomic E-state index is 11.4. The van der Waals surface area contributed by atoms with Gasteiger partial charge in [-0.2, -0.15) is 0 Å². The molecule has 1 unspecified atom stereocenters. The Morgan fingerprint density at radius 2 is 2.13 bits per heavy atom. The lowest BCUT2D eigenvalue weighted by molar-refractivity contribution is -0.123. The number of carbonyl (C=O) groups excluding carboxylic acids is 2. The molecule has 1 fully saturated rings. The van der Waals surface area contributed by atoms with Gasteiger partial charge >= 0.3 is 0 Å². The number of carbonyl (C=O) groups is 2. The zero-order chi connectivity index (χ0) is 10.8. The van der Waals surface area contributed by atoms with Crippen molar-refractivity contribution < 1.29 is 9.59 Å². The molecule has 4 heteroatoms. The van der Waals surface area contributed by atoms with E-state index in [1.54, 1.807) is 29.4 Å². The Bertz CT molecular complexity index is 393. The van der Waals surface area contributed by atoms with Crippen LogP contribution in [0, 0.1) is 5.92 Å². The lowest BCUT2D eigenvalue weighted by atomic mass is 10.1. The third-order valence-corrected chi connectivity index (χ3v) is 2.39. The summed E-state index contributed by atoms with van der Waals surface area (Å²) >= 11 is 0. The first-order chi connectivity index (χ1) is 7.16. The molecule has 0 bridgehead atoms. The van der Waals surface area contributed by atoms with Crippen LogP contribution < -0.4 is 5.43 Å². The van der Waals surface area contributed by atoms with Gasteiger partial charge in [0.05, 0.1) is 12.5 Å². The van der Waals surface area contributed by atoms with Crippen molar-refractivity contribution in [3.05, 3.63) is 36.1 Å². The molecule has 2 rings (SSSR count). The quantitative estimate of drug-likeness (QED) is 0.634. The van der Waals surface area contributed by atoms with Crippen LogP contribution in [0.15, 0.2) is 36.1 Å². The number of allylic oxidation sites excluding steroid dienone is 5. The van der Waals surface area contributed by atoms with E-state index in [9.17, 15) is 9.59 Å². The van der Waals surface area contributed by atoms with E-state index < -0.39 is 0 Å². The second kappa shape index (κ2) is 3.73. The van der Waals surface area contributed by atoms with E-state index in [1.807, 2.05) is 6.92 Å². The number of hydrazine groups is 1. The molecule has 1 atom stereocenters. The maximum Gasteiger partial charge on any atom is 0.243 e. The van der Waals surface area contributed by atoms with Crippen molar-refractivity contribution in [2.24, 2.45) is 5.92 Å². The first-order valence-electron chi connectivity index (χ1n) is 4.85. The summed E-state index contributed by atoms with van der Waals surface area (Å²) in [6.07, 6.45) is 8.41. The Morgan fingerprint density at radius 1 is 1.40 bits per heavy atom. The van der Waals surface area contributed by atoms with Gasteiger partial charge in [-0.15, -0.1) is 0 Å². The highest BCUT2D eigenvalue weighted by molar-refractivity contribution is 6.07. The average Bonchev–Trinajstić information content (AvgIpc) is 2.50. The minimum Gasteiger partial charge on any atom is -0.291 e. The Morgan fingerprint density at radius 3 is 2.73 bits per heavy atom. The van der Waals surface area contributed by atoms with E-state index in [2.05, 4.69) is 5.43 Å². The van der Waals surface area contributed by atoms with Crippen molar-refractivity contribution in [2.45, 2.75) is 6.92 Å². The van der Waals surface area contributed by atoms with Gasteiger partial charge in [0.15, 0.2) is 5.78 Å². The van der Waals surface area contributed by atoms with Crippen molar-refractivity contribution in [1.82, 2.24) is 10.4 Å². The fourth-order valence-corrected chi connectivity index (χ4v) is 1.52. The van der Waals surface area contributed by atoms with Gasteiger partial charge in [0.25, 0.3) is 0 Å². The topological polar surface area (TPSA) is 49.4 Å². The maximum absolute atomic E-state index is 11.4. The van der Waals surface area contributed by atoms with Crippen LogP contribution in [0.3, 0.4) is 0 Å². The van der Waals surface area contributed by atoms with E-state index in [0.29, 0.717) is 12.1 Å². The lowest BCUT2D eigenvalue weighted by Gasteiger charge is -2.13. The molecule has 1 aliphatic carbocycles. The molecule has 1 aliphatic heterocycles. The van der Waals surface area contributed by atoms with E-state index in [4.69, 9.17) is 0 Å². The van der Waals surface area contributed by atoms with E-state index in [-0.39, 0.29) is 17.6 Å². The van der Waals surface area contributed by atoms with Crippen LogP contribution in [0.2, 0.25) is 0 Å². The molecule has 1 amide bonds. The standard InChI is InChI=1S/C11H12N2O2/c1-8-6-13(12-11(8)15)7-9-4-2-3-5-10(9)14/h2-5,7-8H,6H2,1H3,(H,12,15). The highest BCUT2D eigenvalue weighted by atomic mass is 16.2. The molecule has 0 aromatic heterocycles. The summed E-state index contributed by atoms with van der Waals surface area (Å²) in [6.45, 7) is 2.46. The molecule has 0 aromatic rings. The number of ketones is 1. The molecular formula is C11H12N2O2. The zero-order valence-electron chi connectivity index (χ0n) is 8.43. The van der Waals surface area contributed by atoms with E-state index >= 15 is 0 Å². The zero-order valence-corrected chi connectivity index (χ0v) is 8.43. The van der Waals surface area contributed by atoms with Gasteiger partial charge in [-0.1, -0.05) is 19.1 Å². The third kappa shape index (κ3) is 1.98. The minimum atomic E-state index is -0.0358. The molecule has 1 saturated heterocycles. The Kier molecular flexibility index (Phi) is 2.41. The Hall–Kier alpha value is -1.84. The molecule has 0 saturated carbocycles. The van der Waals surface area contributed by atoms with Gasteiger partial charge in [0, 0.05) is 11.8 Å². The summed E-state index contributed by atoms with van der Waals surface area (Å²) in [5, 5.41) is 1.66. The second-order valence-electron chi connectivity index (χ2n) is 3.70. The molecule has 78 valence electrons. The predicted molar refractivity (Wildman–Crippen MR) is 55.4 cm³/mol. The molecule has 0 aromatic carbocycles. The normalized spacial score (nSPS) is 27.7. The SMILES string of the molecule is CC1CN(C=C2C=CC=CC2=O)NC1=O. The molecule has 15 heavy (non-hydrogen) atoms. The van der Waals surface area contributed by atoms with E-state index in [0.717, 1.165) is 0 Å². The fourth-order valence-electron chi connectivity index (χ4n) is 1.52. The number of nitrogens with zero attached hydrogens (tertiary/aromatic N) is 1. The summed E-state index contributed by atoms with van der Waals surface area (Å²) in [6, 6.07) is 0. The van der Waals surface area contributed by atoms with Gasteiger partial charge in [-0.05, 0) is 12.2 Å². The third-order valence-electron chi connectivity index (χ3n) is 2.39. The van der Waals surface area contributed by atoms with Gasteiger partial charge in [0.1, 0.15) is 0 Å². The van der Waals surface area contributed by atoms with Crippen molar-refractivity contribution in [3.63, 3.8) is 0 Å². The smallest absolute Gasteiger partial charge is 0.243 e. The molecule has 2 aliphatic rings. The van der Waals surface area contributed by atoms with Crippen molar-refractivity contribution in [1.29, 1.82) is 0 Å². The van der Waals surface area contributed by atoms with E-state index in [1.165, 1.54) is 6.08 Å². The number of hydrogen-bond donors (Lipinski definition) is 1. The van der Waals surface area contributed by atoms with Crippen molar-refractivity contribution in [2.75, 3.05) is 6.54 Å². The van der Waals surface area contributed by atoms with Crippen molar-refractivity contribution >= 4 is 11.7 Å². The van der Waals surface area contributed by atoms with Crippen LogP contribution in [0.1, 0.15) is 6.92 Å². The molecule has 0 spiro atoms. The molecule has 1 N–H and O–H groups in total. The number of nitrogens with one attached hydrogen (secondary N) is 1. The predicted octanol–water partition coefficient (Wildman–Crippen LogP) is 0.548. The van der Waals surface area contributed by atoms with Crippen LogP contribution in [-0.2, 0) is 9.59 Å². The molecule has 0 radical (unpaired) electrons. The summed E-state index contributed by atoms with van der Waals surface area (Å²) in [5.41, 5.74) is 3.27. The molecule has 1 heterocycles. The molecule has 4 nitrogen and oxygen atoms in total. The lowest BCUT2D eigenvalue weighted by Crippen LogP contribution is -2.29. The number of hydrogen-bond acceptors (Lipinski definition) is 3. The van der Waals surface area contributed by atoms with Crippen LogP contribution in [0.25, 0.3) is 0 Å². The van der Waals surface area contributed by atoms with Gasteiger partial charge in [-0.25, -0.2) is 0 Å².